The Bertz CT molecular complexity index is 3280. The van der Waals surface area contributed by atoms with Crippen molar-refractivity contribution < 1.29 is 107 Å². The molecule has 0 aliphatic rings. The zero-order chi connectivity index (χ0) is 60.2. The summed E-state index contributed by atoms with van der Waals surface area (Å²) in [5.74, 6) is -71.4. The van der Waals surface area contributed by atoms with E-state index in [9.17, 15) is 52.7 Å². The first-order chi connectivity index (χ1) is 39.6. The second-order valence-electron chi connectivity index (χ2n) is 17.5. The third-order valence-electron chi connectivity index (χ3n) is 12.8. The molecule has 424 valence electrons. The number of hydrogen-bond donors (Lipinski definition) is 0. The molecule has 10 rings (SSSR count). The monoisotopic (exact) mass is 1210 g/mol. The minimum absolute atomic E-state index is 0. The van der Waals surface area contributed by atoms with Crippen molar-refractivity contribution in [2.45, 2.75) is 0 Å². The standard InChI is InChI=1S/C24BF20.2C18H15P.Li/c26-5-1(6(27)14(35)21(42)13(5)34)25(2-7(28)15(36)22(43)16(37)8(2)29,3-9(30)17(38)23(44)18(39)10(3)31)4-11(32)19(40)24(45)20(41)12(4)33;2*1-4-10-16(11-5-1)19(17-12-6-2-7-13-17)18-14-8-3-9-15-18;/h;2*1-15H;/q-1;;;+1. The van der Waals surface area contributed by atoms with E-state index in [-0.39, 0.29) is 18.9 Å². The molecule has 84 heavy (non-hydrogen) atoms. The smallest absolute Gasteiger partial charge is 0.207 e. The molecule has 0 fully saturated rings. The topological polar surface area (TPSA) is 0 Å². The Morgan fingerprint density at radius 3 is 0.393 bits per heavy atom. The van der Waals surface area contributed by atoms with Gasteiger partial charge in [0.15, 0.2) is 69.8 Å². The van der Waals surface area contributed by atoms with Crippen molar-refractivity contribution in [3.63, 3.8) is 0 Å². The van der Waals surface area contributed by atoms with Crippen molar-refractivity contribution in [1.82, 2.24) is 0 Å². The Kier molecular flexibility index (Phi) is 20.5. The number of benzene rings is 10. The molecule has 0 nitrogen and oxygen atoms in total. The van der Waals surface area contributed by atoms with E-state index in [4.69, 9.17) is 0 Å². The summed E-state index contributed by atoms with van der Waals surface area (Å²) in [6.45, 7) is 0. The predicted octanol–water partition coefficient (Wildman–Crippen LogP) is 9.74. The maximum Gasteiger partial charge on any atom is 1.00 e. The Morgan fingerprint density at radius 1 is 0.167 bits per heavy atom. The van der Waals surface area contributed by atoms with Crippen LogP contribution in [0, 0.1) is 116 Å². The molecular weight excluding hydrogens is 1180 g/mol. The normalized spacial score (nSPS) is 11.2. The van der Waals surface area contributed by atoms with Gasteiger partial charge in [-0.1, -0.05) is 182 Å². The van der Waals surface area contributed by atoms with Gasteiger partial charge >= 0.3 is 18.9 Å². The van der Waals surface area contributed by atoms with E-state index in [2.05, 4.69) is 182 Å². The average molecular weight is 1210 g/mol. The fourth-order valence-corrected chi connectivity index (χ4v) is 13.8. The minimum Gasteiger partial charge on any atom is -0.207 e. The quantitative estimate of drug-likeness (QED) is 0.0421. The first-order valence-corrected chi connectivity index (χ1v) is 26.4. The molecule has 0 saturated heterocycles. The van der Waals surface area contributed by atoms with Crippen LogP contribution in [-0.4, -0.2) is 6.15 Å². The van der Waals surface area contributed by atoms with Crippen molar-refractivity contribution in [2.75, 3.05) is 0 Å². The first kappa shape index (κ1) is 63.9. The van der Waals surface area contributed by atoms with Crippen LogP contribution in [0.3, 0.4) is 0 Å². The Labute approximate surface area is 478 Å². The fraction of sp³-hybridized carbons (Fsp3) is 0. The van der Waals surface area contributed by atoms with Gasteiger partial charge in [-0.05, 0) is 47.7 Å². The molecule has 0 heterocycles. The van der Waals surface area contributed by atoms with Crippen molar-refractivity contribution >= 4 is 75.7 Å². The summed E-state index contributed by atoms with van der Waals surface area (Å²) in [6, 6.07) is 64.7. The van der Waals surface area contributed by atoms with Crippen LogP contribution in [0.5, 0.6) is 0 Å². The summed E-state index contributed by atoms with van der Waals surface area (Å²) >= 11 is 0. The third-order valence-corrected chi connectivity index (χ3v) is 17.7. The van der Waals surface area contributed by atoms with Crippen molar-refractivity contribution in [3.8, 4) is 0 Å². The van der Waals surface area contributed by atoms with Gasteiger partial charge in [0.1, 0.15) is 52.7 Å². The van der Waals surface area contributed by atoms with E-state index in [1.54, 1.807) is 0 Å². The zero-order valence-corrected chi connectivity index (χ0v) is 44.1. The van der Waals surface area contributed by atoms with E-state index in [1.807, 2.05) is 0 Å². The second-order valence-corrected chi connectivity index (χ2v) is 21.9. The summed E-state index contributed by atoms with van der Waals surface area (Å²) in [5, 5.41) is 8.39. The largest absolute Gasteiger partial charge is 1.00 e. The number of hydrogen-bond acceptors (Lipinski definition) is 0. The van der Waals surface area contributed by atoms with Crippen LogP contribution in [0.15, 0.2) is 182 Å². The van der Waals surface area contributed by atoms with Gasteiger partial charge in [0, 0.05) is 0 Å². The third kappa shape index (κ3) is 11.8. The minimum atomic E-state index is -7.22. The Hall–Kier alpha value is -7.68. The van der Waals surface area contributed by atoms with E-state index in [0.29, 0.717) is 0 Å². The molecule has 0 bridgehead atoms. The van der Waals surface area contributed by atoms with Crippen LogP contribution in [0.2, 0.25) is 0 Å². The van der Waals surface area contributed by atoms with Crippen molar-refractivity contribution in [3.05, 3.63) is 298 Å². The van der Waals surface area contributed by atoms with E-state index in [1.165, 1.54) is 31.8 Å². The molecule has 0 saturated carbocycles. The van der Waals surface area contributed by atoms with Crippen LogP contribution in [0.1, 0.15) is 0 Å². The molecule has 0 aliphatic heterocycles. The molecule has 24 heteroatoms. The maximum absolute atomic E-state index is 15.4. The summed E-state index contributed by atoms with van der Waals surface area (Å²) in [4.78, 5) is 0. The predicted molar refractivity (Wildman–Crippen MR) is 280 cm³/mol. The van der Waals surface area contributed by atoms with Gasteiger partial charge in [-0.3, -0.25) is 0 Å². The molecule has 10 aromatic rings. The van der Waals surface area contributed by atoms with E-state index >= 15 is 35.1 Å². The number of rotatable bonds is 10. The van der Waals surface area contributed by atoms with Crippen molar-refractivity contribution in [2.24, 2.45) is 0 Å². The molecule has 0 radical (unpaired) electrons. The summed E-state index contributed by atoms with van der Waals surface area (Å²) in [6.07, 6.45) is -7.22. The van der Waals surface area contributed by atoms with Gasteiger partial charge in [-0.25, -0.2) is 87.8 Å². The van der Waals surface area contributed by atoms with Crippen LogP contribution in [0.4, 0.5) is 87.8 Å². The first-order valence-electron chi connectivity index (χ1n) is 23.7. The van der Waals surface area contributed by atoms with Crippen LogP contribution >= 0.6 is 15.8 Å². The van der Waals surface area contributed by atoms with Gasteiger partial charge in [-0.15, -0.1) is 21.9 Å². The second kappa shape index (κ2) is 26.9. The van der Waals surface area contributed by atoms with E-state index < -0.39 is 160 Å². The van der Waals surface area contributed by atoms with Crippen LogP contribution in [-0.2, 0) is 0 Å². The van der Waals surface area contributed by atoms with Crippen LogP contribution in [0.25, 0.3) is 0 Å². The van der Waals surface area contributed by atoms with Gasteiger partial charge in [0.05, 0.1) is 0 Å². The van der Waals surface area contributed by atoms with E-state index in [0.717, 1.165) is 0 Å². The Morgan fingerprint density at radius 2 is 0.274 bits per heavy atom. The zero-order valence-electron chi connectivity index (χ0n) is 42.4. The molecule has 0 spiro atoms. The molecular formula is C60H30BF20LiP2. The average Bonchev–Trinajstić information content (AvgIpc) is 0.879. The van der Waals surface area contributed by atoms with Gasteiger partial charge < -0.3 is 0 Å². The van der Waals surface area contributed by atoms with Gasteiger partial charge in [0.2, 0.25) is 0 Å². The van der Waals surface area contributed by atoms with Crippen LogP contribution < -0.4 is 72.5 Å². The summed E-state index contributed by atoms with van der Waals surface area (Å²) < 4.78 is 294. The summed E-state index contributed by atoms with van der Waals surface area (Å²) in [7, 11) is -0.892. The molecule has 0 unspecified atom stereocenters. The molecule has 0 N–H and O–H groups in total. The molecule has 10 aromatic carbocycles. The molecule has 0 aromatic heterocycles. The fourth-order valence-electron chi connectivity index (χ4n) is 9.23. The summed E-state index contributed by atoms with van der Waals surface area (Å²) in [5.41, 5.74) is -14.3. The molecule has 0 aliphatic carbocycles. The van der Waals surface area contributed by atoms with Gasteiger partial charge in [-0.2, -0.15) is 0 Å². The van der Waals surface area contributed by atoms with Gasteiger partial charge in [0.25, 0.3) is 0 Å². The SMILES string of the molecule is Fc1c(F)c(F)c([B-](c2c(F)c(F)c(F)c(F)c2F)(c2c(F)c(F)c(F)c(F)c2F)c2c(F)c(F)c(F)c(F)c2F)c(F)c1F.[Li+].c1ccc(P(c2ccccc2)c2ccccc2)cc1.c1ccc(P(c2ccccc2)c2ccccc2)cc1. The Balaban J connectivity index is 0.000000211. The number of halogens is 20. The molecule has 0 amide bonds. The van der Waals surface area contributed by atoms with Crippen molar-refractivity contribution in [1.29, 1.82) is 0 Å². The molecule has 0 atom stereocenters. The maximum atomic E-state index is 15.4.